The van der Waals surface area contributed by atoms with Crippen LogP contribution in [0.4, 0.5) is 0 Å². The van der Waals surface area contributed by atoms with Crippen molar-refractivity contribution in [2.75, 3.05) is 6.61 Å². The normalized spacial score (nSPS) is 21.7. The third-order valence-electron chi connectivity index (χ3n) is 3.20. The topological polar surface area (TPSA) is 60.2 Å². The van der Waals surface area contributed by atoms with Crippen LogP contribution >= 0.6 is 0 Å². The molecule has 0 saturated carbocycles. The van der Waals surface area contributed by atoms with Crippen molar-refractivity contribution < 1.29 is 9.26 Å². The Bertz CT molecular complexity index is 359. The molecule has 2 rings (SSSR count). The van der Waals surface area contributed by atoms with E-state index in [1.807, 2.05) is 0 Å². The van der Waals surface area contributed by atoms with Crippen LogP contribution in [0, 0.1) is 5.92 Å². The summed E-state index contributed by atoms with van der Waals surface area (Å²) in [6.45, 7) is 7.95. The number of nitrogens with one attached hydrogen (secondary N) is 1. The summed E-state index contributed by atoms with van der Waals surface area (Å²) in [5, 5.41) is 7.38. The van der Waals surface area contributed by atoms with Gasteiger partial charge in [0.15, 0.2) is 5.82 Å². The van der Waals surface area contributed by atoms with Crippen LogP contribution in [-0.4, -0.2) is 28.9 Å². The predicted molar refractivity (Wildman–Crippen MR) is 68.1 cm³/mol. The Morgan fingerprint density at radius 1 is 1.39 bits per heavy atom. The van der Waals surface area contributed by atoms with Crippen molar-refractivity contribution in [2.45, 2.75) is 58.7 Å². The van der Waals surface area contributed by atoms with E-state index in [-0.39, 0.29) is 0 Å². The van der Waals surface area contributed by atoms with E-state index < -0.39 is 0 Å². The summed E-state index contributed by atoms with van der Waals surface area (Å²) < 4.78 is 10.8. The van der Waals surface area contributed by atoms with Crippen LogP contribution < -0.4 is 5.32 Å². The average Bonchev–Trinajstić information content (AvgIpc) is 2.95. The van der Waals surface area contributed by atoms with Crippen LogP contribution in [0.2, 0.25) is 0 Å². The summed E-state index contributed by atoms with van der Waals surface area (Å²) in [4.78, 5) is 4.37. The Balaban J connectivity index is 1.77. The minimum atomic E-state index is 0.326. The number of hydrogen-bond donors (Lipinski definition) is 1. The van der Waals surface area contributed by atoms with Crippen LogP contribution in [0.15, 0.2) is 4.52 Å². The Morgan fingerprint density at radius 2 is 2.22 bits per heavy atom. The SMILES string of the molecule is CC(C)Cc1nc(CNC(C)C2CCCO2)no1. The molecule has 2 heterocycles. The van der Waals surface area contributed by atoms with Gasteiger partial charge in [0.25, 0.3) is 0 Å². The van der Waals surface area contributed by atoms with Gasteiger partial charge in [-0.1, -0.05) is 19.0 Å². The standard InChI is InChI=1S/C13H23N3O2/c1-9(2)7-13-15-12(16-18-13)8-14-10(3)11-5-4-6-17-11/h9-11,14H,4-8H2,1-3H3. The van der Waals surface area contributed by atoms with Crippen molar-refractivity contribution in [2.24, 2.45) is 5.92 Å². The second-order valence-electron chi connectivity index (χ2n) is 5.42. The first-order valence-corrected chi connectivity index (χ1v) is 6.81. The van der Waals surface area contributed by atoms with Gasteiger partial charge in [0.1, 0.15) is 0 Å². The second-order valence-corrected chi connectivity index (χ2v) is 5.42. The maximum absolute atomic E-state index is 5.63. The molecule has 2 atom stereocenters. The Hall–Kier alpha value is -0.940. The number of rotatable bonds is 6. The first-order valence-electron chi connectivity index (χ1n) is 6.81. The lowest BCUT2D eigenvalue weighted by Gasteiger charge is -2.18. The van der Waals surface area contributed by atoms with Gasteiger partial charge >= 0.3 is 0 Å². The first-order chi connectivity index (χ1) is 8.65. The zero-order valence-corrected chi connectivity index (χ0v) is 11.5. The van der Waals surface area contributed by atoms with Crippen LogP contribution in [0.5, 0.6) is 0 Å². The monoisotopic (exact) mass is 253 g/mol. The van der Waals surface area contributed by atoms with Crippen molar-refractivity contribution in [3.8, 4) is 0 Å². The lowest BCUT2D eigenvalue weighted by Crippen LogP contribution is -2.36. The van der Waals surface area contributed by atoms with Crippen molar-refractivity contribution in [1.82, 2.24) is 15.5 Å². The van der Waals surface area contributed by atoms with Gasteiger partial charge in [0.05, 0.1) is 12.6 Å². The molecule has 0 aromatic carbocycles. The van der Waals surface area contributed by atoms with Gasteiger partial charge in [-0.25, -0.2) is 0 Å². The van der Waals surface area contributed by atoms with E-state index in [1.54, 1.807) is 0 Å². The molecule has 18 heavy (non-hydrogen) atoms. The molecule has 1 aliphatic heterocycles. The van der Waals surface area contributed by atoms with Gasteiger partial charge < -0.3 is 14.6 Å². The number of aromatic nitrogens is 2. The van der Waals surface area contributed by atoms with Crippen LogP contribution in [0.1, 0.15) is 45.3 Å². The van der Waals surface area contributed by atoms with E-state index in [0.29, 0.717) is 24.6 Å². The molecule has 5 nitrogen and oxygen atoms in total. The quantitative estimate of drug-likeness (QED) is 0.839. The van der Waals surface area contributed by atoms with Crippen molar-refractivity contribution in [3.05, 3.63) is 11.7 Å². The molecule has 102 valence electrons. The maximum atomic E-state index is 5.63. The highest BCUT2D eigenvalue weighted by Gasteiger charge is 2.22. The summed E-state index contributed by atoms with van der Waals surface area (Å²) in [6.07, 6.45) is 3.47. The fourth-order valence-corrected chi connectivity index (χ4v) is 2.17. The highest BCUT2D eigenvalue weighted by atomic mass is 16.5. The summed E-state index contributed by atoms with van der Waals surface area (Å²) in [5.41, 5.74) is 0. The Kier molecular flexibility index (Phi) is 4.72. The number of hydrogen-bond acceptors (Lipinski definition) is 5. The molecule has 1 aromatic heterocycles. The second kappa shape index (κ2) is 6.29. The molecule has 0 radical (unpaired) electrons. The Morgan fingerprint density at radius 3 is 2.89 bits per heavy atom. The molecule has 1 N–H and O–H groups in total. The van der Waals surface area contributed by atoms with Gasteiger partial charge in [-0.2, -0.15) is 4.98 Å². The van der Waals surface area contributed by atoms with Crippen molar-refractivity contribution in [3.63, 3.8) is 0 Å². The van der Waals surface area contributed by atoms with Crippen LogP contribution in [-0.2, 0) is 17.7 Å². The van der Waals surface area contributed by atoms with E-state index in [2.05, 4.69) is 36.2 Å². The number of ether oxygens (including phenoxy) is 1. The summed E-state index contributed by atoms with van der Waals surface area (Å²) in [7, 11) is 0. The lowest BCUT2D eigenvalue weighted by atomic mass is 10.1. The summed E-state index contributed by atoms with van der Waals surface area (Å²) >= 11 is 0. The highest BCUT2D eigenvalue weighted by Crippen LogP contribution is 2.15. The average molecular weight is 253 g/mol. The fourth-order valence-electron chi connectivity index (χ4n) is 2.17. The molecule has 5 heteroatoms. The first kappa shape index (κ1) is 13.5. The summed E-state index contributed by atoms with van der Waals surface area (Å²) in [6, 6.07) is 0.333. The minimum Gasteiger partial charge on any atom is -0.377 e. The fraction of sp³-hybridized carbons (Fsp3) is 0.846. The molecular weight excluding hydrogens is 230 g/mol. The van der Waals surface area contributed by atoms with E-state index in [1.165, 1.54) is 0 Å². The van der Waals surface area contributed by atoms with Crippen molar-refractivity contribution in [1.29, 1.82) is 0 Å². The van der Waals surface area contributed by atoms with Gasteiger partial charge in [0, 0.05) is 19.1 Å². The Labute approximate surface area is 108 Å². The smallest absolute Gasteiger partial charge is 0.226 e. The third-order valence-corrected chi connectivity index (χ3v) is 3.20. The zero-order valence-electron chi connectivity index (χ0n) is 11.5. The molecule has 1 saturated heterocycles. The van der Waals surface area contributed by atoms with Crippen LogP contribution in [0.25, 0.3) is 0 Å². The minimum absolute atomic E-state index is 0.326. The van der Waals surface area contributed by atoms with E-state index in [4.69, 9.17) is 9.26 Å². The molecule has 0 aliphatic carbocycles. The van der Waals surface area contributed by atoms with Crippen LogP contribution in [0.3, 0.4) is 0 Å². The molecule has 0 amide bonds. The molecule has 1 aliphatic rings. The molecule has 1 aromatic rings. The third kappa shape index (κ3) is 3.78. The van der Waals surface area contributed by atoms with E-state index >= 15 is 0 Å². The zero-order chi connectivity index (χ0) is 13.0. The molecular formula is C13H23N3O2. The van der Waals surface area contributed by atoms with E-state index in [0.717, 1.165) is 37.6 Å². The maximum Gasteiger partial charge on any atom is 0.226 e. The van der Waals surface area contributed by atoms with Gasteiger partial charge in [-0.15, -0.1) is 0 Å². The largest absolute Gasteiger partial charge is 0.377 e. The van der Waals surface area contributed by atoms with Gasteiger partial charge in [-0.05, 0) is 25.7 Å². The van der Waals surface area contributed by atoms with E-state index in [9.17, 15) is 0 Å². The molecule has 0 bridgehead atoms. The number of nitrogens with zero attached hydrogens (tertiary/aromatic N) is 2. The molecule has 1 fully saturated rings. The predicted octanol–water partition coefficient (Wildman–Crippen LogP) is 1.93. The van der Waals surface area contributed by atoms with Crippen molar-refractivity contribution >= 4 is 0 Å². The summed E-state index contributed by atoms with van der Waals surface area (Å²) in [5.74, 6) is 2.00. The molecule has 2 unspecified atom stereocenters. The van der Waals surface area contributed by atoms with Gasteiger partial charge in [0.2, 0.25) is 5.89 Å². The highest BCUT2D eigenvalue weighted by molar-refractivity contribution is 4.88. The van der Waals surface area contributed by atoms with Gasteiger partial charge in [-0.3, -0.25) is 0 Å². The molecule has 0 spiro atoms. The lowest BCUT2D eigenvalue weighted by molar-refractivity contribution is 0.0829.